The number of ether oxygens (including phenoxy) is 1. The Kier molecular flexibility index (Phi) is 4.19. The van der Waals surface area contributed by atoms with Crippen LogP contribution in [-0.4, -0.2) is 28.8 Å². The second-order valence-corrected chi connectivity index (χ2v) is 5.23. The van der Waals surface area contributed by atoms with E-state index in [1.807, 2.05) is 41.2 Å². The molecule has 2 heterocycles. The van der Waals surface area contributed by atoms with E-state index in [2.05, 4.69) is 10.4 Å². The van der Waals surface area contributed by atoms with Gasteiger partial charge < -0.3 is 10.1 Å². The van der Waals surface area contributed by atoms with E-state index >= 15 is 0 Å². The molecule has 3 rings (SSSR count). The lowest BCUT2D eigenvalue weighted by Crippen LogP contribution is -2.38. The number of carbonyl (C=O) groups is 1. The van der Waals surface area contributed by atoms with Gasteiger partial charge in [-0.3, -0.25) is 9.48 Å². The molecule has 0 bridgehead atoms. The summed E-state index contributed by atoms with van der Waals surface area (Å²) in [5.74, 6) is 0.884. The third kappa shape index (κ3) is 3.42. The summed E-state index contributed by atoms with van der Waals surface area (Å²) < 4.78 is 7.51. The summed E-state index contributed by atoms with van der Waals surface area (Å²) in [6.45, 7) is 1.94. The van der Waals surface area contributed by atoms with Gasteiger partial charge in [-0.2, -0.15) is 5.10 Å². The van der Waals surface area contributed by atoms with Gasteiger partial charge in [-0.05, 0) is 30.5 Å². The van der Waals surface area contributed by atoms with Gasteiger partial charge in [0.25, 0.3) is 0 Å². The van der Waals surface area contributed by atoms with E-state index in [1.165, 1.54) is 0 Å². The Morgan fingerprint density at radius 3 is 3.14 bits per heavy atom. The summed E-state index contributed by atoms with van der Waals surface area (Å²) in [5, 5.41) is 7.12. The summed E-state index contributed by atoms with van der Waals surface area (Å²) in [5.41, 5.74) is 1.11. The van der Waals surface area contributed by atoms with Crippen LogP contribution in [0.4, 0.5) is 0 Å². The highest BCUT2D eigenvalue weighted by Gasteiger charge is 2.25. The maximum atomic E-state index is 12.2. The molecule has 0 spiro atoms. The number of aromatic nitrogens is 2. The molecular formula is C16H19N3O2. The molecule has 21 heavy (non-hydrogen) atoms. The number of nitrogens with one attached hydrogen (secondary N) is 1. The van der Waals surface area contributed by atoms with Crippen molar-refractivity contribution in [1.29, 1.82) is 0 Å². The zero-order valence-corrected chi connectivity index (χ0v) is 11.9. The molecule has 1 aliphatic heterocycles. The van der Waals surface area contributed by atoms with Crippen molar-refractivity contribution in [2.24, 2.45) is 5.92 Å². The van der Waals surface area contributed by atoms with Gasteiger partial charge in [-0.1, -0.05) is 18.2 Å². The number of aryl methyl sites for hydroxylation is 1. The Morgan fingerprint density at radius 2 is 2.29 bits per heavy atom. The quantitative estimate of drug-likeness (QED) is 0.850. The summed E-state index contributed by atoms with van der Waals surface area (Å²) in [6.07, 6.45) is 5.31. The zero-order chi connectivity index (χ0) is 14.5. The van der Waals surface area contributed by atoms with Crippen LogP contribution in [0.15, 0.2) is 42.7 Å². The summed E-state index contributed by atoms with van der Waals surface area (Å²) in [6, 6.07) is 9.80. The van der Waals surface area contributed by atoms with Crippen molar-refractivity contribution in [2.75, 3.05) is 13.2 Å². The standard InChI is InChI=1S/C16H19N3O2/c20-16(17-7-3-9-19-10-4-8-18-19)14-11-13-5-1-2-6-15(13)21-12-14/h1-2,4-6,8,10,14H,3,7,9,11-12H2,(H,17,20). The third-order valence-corrected chi connectivity index (χ3v) is 3.67. The fraction of sp³-hybridized carbons (Fsp3) is 0.375. The van der Waals surface area contributed by atoms with Gasteiger partial charge in [-0.15, -0.1) is 0 Å². The molecule has 5 heteroatoms. The van der Waals surface area contributed by atoms with Crippen molar-refractivity contribution < 1.29 is 9.53 Å². The van der Waals surface area contributed by atoms with Crippen molar-refractivity contribution in [3.05, 3.63) is 48.3 Å². The van der Waals surface area contributed by atoms with Crippen LogP contribution < -0.4 is 10.1 Å². The van der Waals surface area contributed by atoms with Crippen LogP contribution >= 0.6 is 0 Å². The Labute approximate surface area is 123 Å². The lowest BCUT2D eigenvalue weighted by Gasteiger charge is -2.24. The van der Waals surface area contributed by atoms with Gasteiger partial charge in [-0.25, -0.2) is 0 Å². The number of carbonyl (C=O) groups excluding carboxylic acids is 1. The molecular weight excluding hydrogens is 266 g/mol. The van der Waals surface area contributed by atoms with Crippen LogP contribution in [0.1, 0.15) is 12.0 Å². The van der Waals surface area contributed by atoms with E-state index in [0.29, 0.717) is 13.2 Å². The fourth-order valence-electron chi connectivity index (χ4n) is 2.53. The molecule has 1 unspecified atom stereocenters. The van der Waals surface area contributed by atoms with Crippen molar-refractivity contribution in [3.8, 4) is 5.75 Å². The maximum Gasteiger partial charge on any atom is 0.226 e. The molecule has 0 saturated carbocycles. The van der Waals surface area contributed by atoms with Gasteiger partial charge in [0.15, 0.2) is 0 Å². The van der Waals surface area contributed by atoms with E-state index in [0.717, 1.165) is 30.7 Å². The topological polar surface area (TPSA) is 56.2 Å². The minimum absolute atomic E-state index is 0.0740. The molecule has 5 nitrogen and oxygen atoms in total. The average Bonchev–Trinajstić information content (AvgIpc) is 3.04. The lowest BCUT2D eigenvalue weighted by molar-refractivity contribution is -0.126. The molecule has 0 saturated heterocycles. The van der Waals surface area contributed by atoms with Crippen LogP contribution in [0.3, 0.4) is 0 Å². The average molecular weight is 285 g/mol. The molecule has 1 atom stereocenters. The molecule has 1 N–H and O–H groups in total. The summed E-state index contributed by atoms with van der Waals surface area (Å²) in [4.78, 5) is 12.2. The second kappa shape index (κ2) is 6.43. The Balaban J connectivity index is 1.44. The minimum Gasteiger partial charge on any atom is -0.492 e. The van der Waals surface area contributed by atoms with Crippen LogP contribution in [0.5, 0.6) is 5.75 Å². The fourth-order valence-corrected chi connectivity index (χ4v) is 2.53. The molecule has 1 aliphatic rings. The number of nitrogens with zero attached hydrogens (tertiary/aromatic N) is 2. The SMILES string of the molecule is O=C(NCCCn1cccn1)C1COc2ccccc2C1. The zero-order valence-electron chi connectivity index (χ0n) is 11.9. The maximum absolute atomic E-state index is 12.2. The van der Waals surface area contributed by atoms with Crippen molar-refractivity contribution >= 4 is 5.91 Å². The van der Waals surface area contributed by atoms with E-state index in [4.69, 9.17) is 4.74 Å². The number of para-hydroxylation sites is 1. The first kappa shape index (κ1) is 13.7. The predicted octanol–water partition coefficient (Wildman–Crippen LogP) is 1.64. The Morgan fingerprint density at radius 1 is 1.38 bits per heavy atom. The molecule has 110 valence electrons. The highest BCUT2D eigenvalue weighted by molar-refractivity contribution is 5.79. The van der Waals surface area contributed by atoms with E-state index < -0.39 is 0 Å². The van der Waals surface area contributed by atoms with Crippen LogP contribution in [-0.2, 0) is 17.8 Å². The first-order chi connectivity index (χ1) is 10.3. The lowest BCUT2D eigenvalue weighted by atomic mass is 9.96. The van der Waals surface area contributed by atoms with E-state index in [9.17, 15) is 4.79 Å². The third-order valence-electron chi connectivity index (χ3n) is 3.67. The number of fused-ring (bicyclic) bond motifs is 1. The van der Waals surface area contributed by atoms with E-state index in [1.54, 1.807) is 6.20 Å². The second-order valence-electron chi connectivity index (χ2n) is 5.23. The predicted molar refractivity (Wildman–Crippen MR) is 79.0 cm³/mol. The van der Waals surface area contributed by atoms with Gasteiger partial charge in [0.1, 0.15) is 12.4 Å². The Bertz CT molecular complexity index is 595. The molecule has 2 aromatic rings. The number of hydrogen-bond donors (Lipinski definition) is 1. The summed E-state index contributed by atoms with van der Waals surface area (Å²) >= 11 is 0. The highest BCUT2D eigenvalue weighted by atomic mass is 16.5. The molecule has 0 aliphatic carbocycles. The van der Waals surface area contributed by atoms with Gasteiger partial charge in [0, 0.05) is 25.5 Å². The van der Waals surface area contributed by atoms with Crippen molar-refractivity contribution in [1.82, 2.24) is 15.1 Å². The number of amides is 1. The van der Waals surface area contributed by atoms with Crippen LogP contribution in [0.25, 0.3) is 0 Å². The number of rotatable bonds is 5. The Hall–Kier alpha value is -2.30. The van der Waals surface area contributed by atoms with Crippen molar-refractivity contribution in [3.63, 3.8) is 0 Å². The normalized spacial score (nSPS) is 16.9. The van der Waals surface area contributed by atoms with Gasteiger partial charge >= 0.3 is 0 Å². The number of benzene rings is 1. The first-order valence-electron chi connectivity index (χ1n) is 7.29. The largest absolute Gasteiger partial charge is 0.492 e. The molecule has 1 aromatic heterocycles. The highest BCUT2D eigenvalue weighted by Crippen LogP contribution is 2.26. The smallest absolute Gasteiger partial charge is 0.226 e. The molecule has 1 amide bonds. The van der Waals surface area contributed by atoms with Crippen molar-refractivity contribution in [2.45, 2.75) is 19.4 Å². The molecule has 0 radical (unpaired) electrons. The van der Waals surface area contributed by atoms with Gasteiger partial charge in [0.05, 0.1) is 5.92 Å². The molecule has 0 fully saturated rings. The van der Waals surface area contributed by atoms with Crippen LogP contribution in [0.2, 0.25) is 0 Å². The molecule has 1 aromatic carbocycles. The number of hydrogen-bond acceptors (Lipinski definition) is 3. The summed E-state index contributed by atoms with van der Waals surface area (Å²) in [7, 11) is 0. The van der Waals surface area contributed by atoms with E-state index in [-0.39, 0.29) is 11.8 Å². The van der Waals surface area contributed by atoms with Crippen LogP contribution in [0, 0.1) is 5.92 Å². The van der Waals surface area contributed by atoms with Gasteiger partial charge in [0.2, 0.25) is 5.91 Å². The minimum atomic E-state index is -0.0930. The monoisotopic (exact) mass is 285 g/mol. The first-order valence-corrected chi connectivity index (χ1v) is 7.29.